The fraction of sp³-hybridized carbons (Fsp3) is 0.650. The lowest BCUT2D eigenvalue weighted by Gasteiger charge is -2.29. The van der Waals surface area contributed by atoms with Crippen LogP contribution in [0.15, 0.2) is 12.3 Å². The van der Waals surface area contributed by atoms with Crippen molar-refractivity contribution < 1.29 is 19.0 Å². The van der Waals surface area contributed by atoms with Crippen LogP contribution in [0.1, 0.15) is 52.4 Å². The number of rotatable bonds is 8. The number of aromatic nitrogens is 2. The summed E-state index contributed by atoms with van der Waals surface area (Å²) in [4.78, 5) is 19.9. The summed E-state index contributed by atoms with van der Waals surface area (Å²) in [6.07, 6.45) is 8.56. The smallest absolute Gasteiger partial charge is 0.274 e. The maximum absolute atomic E-state index is 11.1. The van der Waals surface area contributed by atoms with Gasteiger partial charge in [-0.05, 0) is 45.4 Å². The van der Waals surface area contributed by atoms with E-state index < -0.39 is 0 Å². The van der Waals surface area contributed by atoms with Crippen molar-refractivity contribution in [1.29, 1.82) is 0 Å². The first-order chi connectivity index (χ1) is 13.5. The quantitative estimate of drug-likeness (QED) is 0.724. The summed E-state index contributed by atoms with van der Waals surface area (Å²) in [5, 5.41) is 3.57. The molecule has 0 aliphatic heterocycles. The molecule has 0 unspecified atom stereocenters. The molecule has 0 spiro atoms. The van der Waals surface area contributed by atoms with Crippen LogP contribution in [0.25, 0.3) is 10.2 Å². The highest BCUT2D eigenvalue weighted by molar-refractivity contribution is 7.20. The molecule has 0 saturated heterocycles. The van der Waals surface area contributed by atoms with Crippen molar-refractivity contribution in [2.24, 2.45) is 0 Å². The predicted molar refractivity (Wildman–Crippen MR) is 107 cm³/mol. The van der Waals surface area contributed by atoms with E-state index in [0.29, 0.717) is 18.6 Å². The van der Waals surface area contributed by atoms with Gasteiger partial charge in [0.1, 0.15) is 17.7 Å². The molecule has 28 heavy (non-hydrogen) atoms. The Morgan fingerprint density at radius 3 is 2.57 bits per heavy atom. The molecule has 4 rings (SSSR count). The second-order valence-electron chi connectivity index (χ2n) is 7.74. The average molecular weight is 406 g/mol. The molecule has 2 aromatic heterocycles. The van der Waals surface area contributed by atoms with Gasteiger partial charge in [-0.1, -0.05) is 11.3 Å². The molecule has 2 fully saturated rings. The number of pyridine rings is 1. The molecule has 7 nitrogen and oxygen atoms in total. The van der Waals surface area contributed by atoms with Gasteiger partial charge < -0.3 is 19.5 Å². The van der Waals surface area contributed by atoms with E-state index in [1.54, 1.807) is 17.5 Å². The lowest BCUT2D eigenvalue weighted by Crippen LogP contribution is -2.36. The third kappa shape index (κ3) is 5.32. The van der Waals surface area contributed by atoms with Gasteiger partial charge in [0.05, 0.1) is 23.6 Å². The highest BCUT2D eigenvalue weighted by Gasteiger charge is 2.26. The Morgan fingerprint density at radius 1 is 1.18 bits per heavy atom. The number of fused-ring (bicyclic) bond motifs is 1. The predicted octanol–water partition coefficient (Wildman–Crippen LogP) is 3.46. The zero-order valence-electron chi connectivity index (χ0n) is 16.3. The van der Waals surface area contributed by atoms with Gasteiger partial charge in [-0.2, -0.15) is 0 Å². The maximum atomic E-state index is 11.1. The van der Waals surface area contributed by atoms with Crippen molar-refractivity contribution in [2.45, 2.75) is 76.7 Å². The molecular weight excluding hydrogens is 378 g/mol. The van der Waals surface area contributed by atoms with Gasteiger partial charge in [-0.25, -0.2) is 9.97 Å². The van der Waals surface area contributed by atoms with Crippen molar-refractivity contribution in [3.8, 4) is 11.1 Å². The van der Waals surface area contributed by atoms with Crippen molar-refractivity contribution in [3.05, 3.63) is 12.3 Å². The molecule has 152 valence electrons. The van der Waals surface area contributed by atoms with Crippen molar-refractivity contribution >= 4 is 27.5 Å². The number of nitrogens with zero attached hydrogens (tertiary/aromatic N) is 2. The minimum absolute atomic E-state index is 0.0233. The lowest BCUT2D eigenvalue weighted by atomic mass is 9.95. The molecular formula is C20H27N3O4S. The first kappa shape index (κ1) is 19.4. The Balaban J connectivity index is 1.24. The second kappa shape index (κ2) is 8.61. The Hall–Kier alpha value is -1.93. The van der Waals surface area contributed by atoms with E-state index in [1.165, 1.54) is 6.92 Å². The summed E-state index contributed by atoms with van der Waals surface area (Å²) in [6.45, 7) is 4.03. The number of nitrogens with one attached hydrogen (secondary N) is 1. The Bertz CT molecular complexity index is 815. The molecule has 8 heteroatoms. The van der Waals surface area contributed by atoms with Crippen LogP contribution in [0.2, 0.25) is 0 Å². The molecule has 1 amide bonds. The first-order valence-electron chi connectivity index (χ1n) is 10.0. The summed E-state index contributed by atoms with van der Waals surface area (Å²) in [5.41, 5.74) is 0.860. The van der Waals surface area contributed by atoms with Gasteiger partial charge in [0, 0.05) is 19.0 Å². The summed E-state index contributed by atoms with van der Waals surface area (Å²) in [7, 11) is 0. The van der Waals surface area contributed by atoms with Crippen LogP contribution in [-0.2, 0) is 9.53 Å². The van der Waals surface area contributed by atoms with Crippen molar-refractivity contribution in [2.75, 3.05) is 6.61 Å². The number of amides is 1. The van der Waals surface area contributed by atoms with E-state index in [2.05, 4.69) is 15.3 Å². The topological polar surface area (TPSA) is 82.6 Å². The van der Waals surface area contributed by atoms with E-state index in [-0.39, 0.29) is 24.2 Å². The Labute approximate surface area is 168 Å². The number of hydrogen-bond acceptors (Lipinski definition) is 7. The highest BCUT2D eigenvalue weighted by Crippen LogP contribution is 2.34. The van der Waals surface area contributed by atoms with Crippen LogP contribution in [0, 0.1) is 0 Å². The highest BCUT2D eigenvalue weighted by atomic mass is 32.1. The zero-order valence-corrected chi connectivity index (χ0v) is 17.2. The molecule has 2 aromatic rings. The van der Waals surface area contributed by atoms with Gasteiger partial charge in [0.25, 0.3) is 5.19 Å². The van der Waals surface area contributed by atoms with Gasteiger partial charge in [-0.3, -0.25) is 4.79 Å². The summed E-state index contributed by atoms with van der Waals surface area (Å²) >= 11 is 1.55. The Kier molecular flexibility index (Phi) is 5.96. The van der Waals surface area contributed by atoms with Gasteiger partial charge >= 0.3 is 0 Å². The Morgan fingerprint density at radius 2 is 1.86 bits per heavy atom. The molecule has 0 radical (unpaired) electrons. The number of hydrogen-bond donors (Lipinski definition) is 1. The van der Waals surface area contributed by atoms with Gasteiger partial charge in [-0.15, -0.1) is 0 Å². The van der Waals surface area contributed by atoms with Crippen LogP contribution in [-0.4, -0.2) is 46.8 Å². The normalized spacial score (nSPS) is 23.4. The van der Waals surface area contributed by atoms with Crippen LogP contribution in [0.4, 0.5) is 0 Å². The minimum atomic E-state index is -0.0233. The largest absolute Gasteiger partial charge is 0.474 e. The monoisotopic (exact) mass is 405 g/mol. The fourth-order valence-electron chi connectivity index (χ4n) is 3.39. The summed E-state index contributed by atoms with van der Waals surface area (Å²) in [6, 6.07) is 2.00. The third-order valence-electron chi connectivity index (χ3n) is 4.96. The summed E-state index contributed by atoms with van der Waals surface area (Å²) < 4.78 is 18.9. The summed E-state index contributed by atoms with van der Waals surface area (Å²) in [5.74, 6) is 0.627. The molecule has 0 bridgehead atoms. The van der Waals surface area contributed by atoms with Crippen LogP contribution in [0.5, 0.6) is 11.1 Å². The van der Waals surface area contributed by atoms with Crippen molar-refractivity contribution in [1.82, 2.24) is 15.3 Å². The number of thiazole rings is 1. The zero-order chi connectivity index (χ0) is 19.5. The molecule has 1 atom stereocenters. The third-order valence-corrected chi connectivity index (χ3v) is 5.87. The van der Waals surface area contributed by atoms with E-state index in [1.807, 2.05) is 13.0 Å². The van der Waals surface area contributed by atoms with E-state index >= 15 is 0 Å². The second-order valence-corrected chi connectivity index (χ2v) is 8.73. The molecule has 2 aliphatic rings. The van der Waals surface area contributed by atoms with Gasteiger partial charge in [0.2, 0.25) is 11.8 Å². The minimum Gasteiger partial charge on any atom is -0.474 e. The molecule has 0 aromatic carbocycles. The SMILES string of the molecule is CC(=O)N[C@@H](C)COC1CCC(Oc2cc3sc(OC4CC4)nc3cn2)CC1. The van der Waals surface area contributed by atoms with Crippen molar-refractivity contribution in [3.63, 3.8) is 0 Å². The number of carbonyl (C=O) groups is 1. The molecule has 1 N–H and O–H groups in total. The number of ether oxygens (including phenoxy) is 3. The van der Waals surface area contributed by atoms with Crippen LogP contribution >= 0.6 is 11.3 Å². The van der Waals surface area contributed by atoms with Crippen LogP contribution in [0.3, 0.4) is 0 Å². The fourth-order valence-corrected chi connectivity index (χ4v) is 4.27. The standard InChI is InChI=1S/C20H27N3O4S/c1-12(22-13(2)24)11-25-14-3-5-15(6-4-14)26-19-9-18-17(10-21-19)23-20(28-18)27-16-7-8-16/h9-10,12,14-16H,3-8,11H2,1-2H3,(H,22,24)/t12-,14?,15?/m0/s1. The van der Waals surface area contributed by atoms with E-state index in [9.17, 15) is 4.79 Å². The maximum Gasteiger partial charge on any atom is 0.274 e. The van der Waals surface area contributed by atoms with Gasteiger partial charge in [0.15, 0.2) is 0 Å². The first-order valence-corrected chi connectivity index (χ1v) is 10.9. The van der Waals surface area contributed by atoms with E-state index in [4.69, 9.17) is 14.2 Å². The molecule has 2 saturated carbocycles. The number of carbonyl (C=O) groups excluding carboxylic acids is 1. The lowest BCUT2D eigenvalue weighted by molar-refractivity contribution is -0.120. The average Bonchev–Trinajstić information content (AvgIpc) is 3.37. The van der Waals surface area contributed by atoms with Crippen LogP contribution < -0.4 is 14.8 Å². The van der Waals surface area contributed by atoms with E-state index in [0.717, 1.165) is 53.9 Å². The molecule has 2 aliphatic carbocycles. The molecule has 2 heterocycles.